The van der Waals surface area contributed by atoms with Crippen LogP contribution in [0.15, 0.2) is 47.6 Å². The Morgan fingerprint density at radius 3 is 2.03 bits per heavy atom. The molecule has 0 aliphatic heterocycles. The number of rotatable bonds is 10. The average molecular weight is 851 g/mol. The molecule has 8 aliphatic carbocycles. The maximum Gasteiger partial charge on any atom is 0.332 e. The molecule has 0 amide bonds. The molecule has 0 aromatic rings. The van der Waals surface area contributed by atoms with Crippen molar-refractivity contribution in [3.05, 3.63) is 47.6 Å². The number of aliphatic hydroxyl groups excluding tert-OH is 2. The summed E-state index contributed by atoms with van der Waals surface area (Å²) in [5, 5.41) is 47.3. The molecule has 8 aliphatic rings. The number of hydrogen-bond acceptors (Lipinski definition) is 13. The van der Waals surface area contributed by atoms with Gasteiger partial charge in [0.25, 0.3) is 0 Å². The lowest BCUT2D eigenvalue weighted by molar-refractivity contribution is -0.220. The summed E-state index contributed by atoms with van der Waals surface area (Å²) in [6.45, 7) is 5.83. The zero-order valence-electron chi connectivity index (χ0n) is 35.6. The first kappa shape index (κ1) is 43.9. The van der Waals surface area contributed by atoms with E-state index in [1.807, 2.05) is 19.9 Å². The maximum atomic E-state index is 17.5. The van der Waals surface area contributed by atoms with Crippen LogP contribution in [0.4, 0.5) is 4.39 Å². The summed E-state index contributed by atoms with van der Waals surface area (Å²) in [6, 6.07) is 0. The Kier molecular flexibility index (Phi) is 10.6. The molecule has 332 valence electrons. The highest BCUT2D eigenvalue weighted by Gasteiger charge is 2.76. The number of esters is 2. The molecule has 0 spiro atoms. The average Bonchev–Trinajstić information content (AvgIpc) is 3.59. The van der Waals surface area contributed by atoms with Gasteiger partial charge in [-0.1, -0.05) is 51.0 Å². The molecular weight excluding hydrogens is 792 g/mol. The van der Waals surface area contributed by atoms with Gasteiger partial charge in [-0.3, -0.25) is 19.2 Å². The minimum atomic E-state index is -2.14. The minimum absolute atomic E-state index is 0.00134. The number of aliphatic hydroxyl groups is 4. The van der Waals surface area contributed by atoms with Crippen molar-refractivity contribution in [2.45, 2.75) is 121 Å². The van der Waals surface area contributed by atoms with Crippen LogP contribution in [0.3, 0.4) is 0 Å². The monoisotopic (exact) mass is 850 g/mol. The number of Topliss-reactive ketones (excluding diaryl/α,β-unsaturated/α-hetero) is 2. The lowest BCUT2D eigenvalue weighted by Gasteiger charge is -2.62. The van der Waals surface area contributed by atoms with Gasteiger partial charge in [-0.25, -0.2) is 14.0 Å². The summed E-state index contributed by atoms with van der Waals surface area (Å²) >= 11 is 0. The fourth-order valence-electron chi connectivity index (χ4n) is 14.8. The Hall–Kier alpha value is -3.69. The van der Waals surface area contributed by atoms with Gasteiger partial charge in [0.05, 0.1) is 12.2 Å². The molecule has 0 bridgehead atoms. The normalized spacial score (nSPS) is 46.8. The quantitative estimate of drug-likeness (QED) is 0.232. The van der Waals surface area contributed by atoms with Gasteiger partial charge in [0.15, 0.2) is 30.4 Å². The minimum Gasteiger partial charge on any atom is -0.456 e. The third-order valence-corrected chi connectivity index (χ3v) is 17.9. The summed E-state index contributed by atoms with van der Waals surface area (Å²) in [4.78, 5) is 77.0. The van der Waals surface area contributed by atoms with Crippen molar-refractivity contribution < 1.29 is 67.8 Å². The number of allylic oxidation sites excluding steroid dienone is 8. The Morgan fingerprint density at radius 2 is 1.36 bits per heavy atom. The van der Waals surface area contributed by atoms with Crippen LogP contribution in [0.1, 0.15) is 92.4 Å². The van der Waals surface area contributed by atoms with Crippen molar-refractivity contribution in [2.24, 2.45) is 57.2 Å². The van der Waals surface area contributed by atoms with Crippen molar-refractivity contribution in [1.29, 1.82) is 0 Å². The lowest BCUT2D eigenvalue weighted by atomic mass is 9.44. The standard InChI is InChI=1S/C47H59FO13/c1-25-16-33-32-9-7-27-18-29(50)11-14-42(27,3)46(32,48)35(52)20-44(33,5)47(25,58)37(54)22-61-39(56)24-59-23-38(55)60-21-36(53)45(57)15-12-31-30-8-6-26-17-28(49)10-13-41(26,2)40(30)34(51)19-43(31,45)4/h10-11,13-14,17-18,25,30-35,40,51-52,57-58H,6-9,12,15-16,19-24H2,1-5H3/t25-,30?,31?,32?,33?,34+,35+,40?,41+,42+,43+,44+,45+,46+,47+/m1/s1. The van der Waals surface area contributed by atoms with E-state index in [2.05, 4.69) is 0 Å². The van der Waals surface area contributed by atoms with Crippen molar-refractivity contribution >= 4 is 35.1 Å². The predicted molar refractivity (Wildman–Crippen MR) is 214 cm³/mol. The molecular formula is C47H59FO13. The molecule has 0 saturated heterocycles. The largest absolute Gasteiger partial charge is 0.456 e. The Balaban J connectivity index is 0.824. The van der Waals surface area contributed by atoms with E-state index in [1.165, 1.54) is 18.2 Å². The van der Waals surface area contributed by atoms with Crippen LogP contribution in [0.25, 0.3) is 0 Å². The van der Waals surface area contributed by atoms with Crippen LogP contribution < -0.4 is 0 Å². The molecule has 14 heteroatoms. The second kappa shape index (κ2) is 14.7. The highest BCUT2D eigenvalue weighted by Crippen LogP contribution is 2.71. The molecule has 6 saturated carbocycles. The van der Waals surface area contributed by atoms with Crippen LogP contribution in [-0.4, -0.2) is 111 Å². The van der Waals surface area contributed by atoms with E-state index in [4.69, 9.17) is 14.2 Å². The smallest absolute Gasteiger partial charge is 0.332 e. The van der Waals surface area contributed by atoms with Gasteiger partial charge < -0.3 is 34.6 Å². The molecule has 6 fully saturated rings. The topological polar surface area (TPSA) is 211 Å². The van der Waals surface area contributed by atoms with Crippen molar-refractivity contribution in [2.75, 3.05) is 26.4 Å². The van der Waals surface area contributed by atoms with Gasteiger partial charge in [0.2, 0.25) is 11.6 Å². The molecule has 61 heavy (non-hydrogen) atoms. The fourth-order valence-corrected chi connectivity index (χ4v) is 14.8. The number of ether oxygens (including phenoxy) is 3. The number of fused-ring (bicyclic) bond motifs is 10. The molecule has 5 unspecified atom stereocenters. The third kappa shape index (κ3) is 6.08. The number of hydrogen-bond donors (Lipinski definition) is 4. The highest BCUT2D eigenvalue weighted by atomic mass is 19.1. The molecule has 13 nitrogen and oxygen atoms in total. The van der Waals surface area contributed by atoms with Crippen LogP contribution in [0.2, 0.25) is 0 Å². The third-order valence-electron chi connectivity index (χ3n) is 17.9. The molecule has 15 atom stereocenters. The number of ketones is 4. The van der Waals surface area contributed by atoms with Gasteiger partial charge in [-0.15, -0.1) is 0 Å². The first-order chi connectivity index (χ1) is 28.5. The SMILES string of the molecule is C[C@@H]1CC2C3CCC4=CC(=O)C=C[C@]4(C)[C@@]3(F)[C@@H](O)C[C@]2(C)[C@@]1(O)C(=O)COC(=O)COCC(=O)OCC(=O)[C@@]1(O)CCC2C3CCC4=CC(=O)C=C[C@]4(C)C3[C@@H](O)C[C@@]21C. The van der Waals surface area contributed by atoms with Crippen molar-refractivity contribution in [3.63, 3.8) is 0 Å². The number of alkyl halides is 1. The molecule has 8 rings (SSSR count). The van der Waals surface area contributed by atoms with Gasteiger partial charge in [0.1, 0.15) is 24.4 Å². The second-order valence-electron chi connectivity index (χ2n) is 20.4. The van der Waals surface area contributed by atoms with E-state index >= 15 is 4.39 Å². The number of carbonyl (C=O) groups excluding carboxylic acids is 6. The zero-order chi connectivity index (χ0) is 44.3. The fraction of sp³-hybridized carbons (Fsp3) is 0.702. The Morgan fingerprint density at radius 1 is 0.754 bits per heavy atom. The van der Waals surface area contributed by atoms with Crippen molar-refractivity contribution in [1.82, 2.24) is 0 Å². The second-order valence-corrected chi connectivity index (χ2v) is 20.4. The summed E-state index contributed by atoms with van der Waals surface area (Å²) in [5.41, 5.74) is -8.42. The van der Waals surface area contributed by atoms with Crippen LogP contribution >= 0.6 is 0 Å². The van der Waals surface area contributed by atoms with E-state index in [0.717, 1.165) is 5.57 Å². The van der Waals surface area contributed by atoms with Crippen LogP contribution in [0, 0.1) is 57.2 Å². The molecule has 0 aromatic carbocycles. The van der Waals surface area contributed by atoms with Gasteiger partial charge >= 0.3 is 11.9 Å². The van der Waals surface area contributed by atoms with Gasteiger partial charge in [-0.2, -0.15) is 0 Å². The zero-order valence-corrected chi connectivity index (χ0v) is 35.6. The van der Waals surface area contributed by atoms with E-state index in [9.17, 15) is 49.2 Å². The maximum absolute atomic E-state index is 17.5. The van der Waals surface area contributed by atoms with Crippen LogP contribution in [-0.2, 0) is 43.0 Å². The van der Waals surface area contributed by atoms with Crippen molar-refractivity contribution in [3.8, 4) is 0 Å². The summed E-state index contributed by atoms with van der Waals surface area (Å²) in [7, 11) is 0. The molecule has 0 radical (unpaired) electrons. The number of carbonyl (C=O) groups is 6. The summed E-state index contributed by atoms with van der Waals surface area (Å²) in [5.74, 6) is -5.94. The van der Waals surface area contributed by atoms with E-state index in [-0.39, 0.29) is 48.6 Å². The molecule has 0 aromatic heterocycles. The van der Waals surface area contributed by atoms with Gasteiger partial charge in [-0.05, 0) is 113 Å². The summed E-state index contributed by atoms with van der Waals surface area (Å²) < 4.78 is 33.0. The Bertz CT molecular complexity index is 2070. The molecule has 0 heterocycles. The van der Waals surface area contributed by atoms with Crippen LogP contribution in [0.5, 0.6) is 0 Å². The highest BCUT2D eigenvalue weighted by molar-refractivity contribution is 6.02. The van der Waals surface area contributed by atoms with E-state index in [0.29, 0.717) is 44.1 Å². The van der Waals surface area contributed by atoms with E-state index in [1.54, 1.807) is 32.9 Å². The molecule has 4 N–H and O–H groups in total. The lowest BCUT2D eigenvalue weighted by Crippen LogP contribution is -2.69. The Labute approximate surface area is 354 Å². The first-order valence-electron chi connectivity index (χ1n) is 21.8. The number of halogens is 1. The summed E-state index contributed by atoms with van der Waals surface area (Å²) in [6.07, 6.45) is 10.0. The van der Waals surface area contributed by atoms with Gasteiger partial charge in [0, 0.05) is 33.5 Å². The first-order valence-corrected chi connectivity index (χ1v) is 21.8. The van der Waals surface area contributed by atoms with E-state index < -0.39 is 118 Å². The predicted octanol–water partition coefficient (Wildman–Crippen LogP) is 3.59.